The molecule has 0 aliphatic carbocycles. The Bertz CT molecular complexity index is 3280. The highest BCUT2D eigenvalue weighted by Gasteiger charge is 2.26. The van der Waals surface area contributed by atoms with Gasteiger partial charge in [0.15, 0.2) is 5.58 Å². The minimum atomic E-state index is 0.838. The van der Waals surface area contributed by atoms with Gasteiger partial charge in [0, 0.05) is 60.4 Å². The van der Waals surface area contributed by atoms with Crippen LogP contribution in [0.2, 0.25) is 0 Å². The molecule has 0 saturated heterocycles. The first kappa shape index (κ1) is 27.7. The summed E-state index contributed by atoms with van der Waals surface area (Å²) in [5, 5.41) is 9.26. The average molecular weight is 665 g/mol. The van der Waals surface area contributed by atoms with Crippen molar-refractivity contribution in [3.63, 3.8) is 0 Å². The molecule has 0 aliphatic rings. The number of hydrogen-bond donors (Lipinski definition) is 0. The van der Waals surface area contributed by atoms with Crippen molar-refractivity contribution >= 4 is 99.0 Å². The lowest BCUT2D eigenvalue weighted by molar-refractivity contribution is 0.667. The molecule has 0 spiro atoms. The molecule has 52 heavy (non-hydrogen) atoms. The van der Waals surface area contributed by atoms with E-state index in [1.54, 1.807) is 0 Å². The molecule has 0 fully saturated rings. The Labute approximate surface area is 297 Å². The lowest BCUT2D eigenvalue weighted by Crippen LogP contribution is -2.11. The molecule has 0 N–H and O–H groups in total. The number of para-hydroxylation sites is 5. The van der Waals surface area contributed by atoms with Crippen LogP contribution >= 0.6 is 0 Å². The molecule has 0 saturated carbocycles. The molecule has 0 amide bonds. The van der Waals surface area contributed by atoms with Crippen LogP contribution in [0.4, 0.5) is 17.1 Å². The molecule has 0 radical (unpaired) electrons. The number of nitrogens with zero attached hydrogens (tertiary/aromatic N) is 2. The second kappa shape index (κ2) is 10.3. The molecule has 4 aromatic heterocycles. The van der Waals surface area contributed by atoms with E-state index in [1.807, 2.05) is 18.2 Å². The summed E-state index contributed by atoms with van der Waals surface area (Å²) in [6.45, 7) is 0. The summed E-state index contributed by atoms with van der Waals surface area (Å²) in [6.07, 6.45) is 0. The van der Waals surface area contributed by atoms with Gasteiger partial charge in [-0.15, -0.1) is 0 Å². The number of fused-ring (bicyclic) bond motifs is 12. The summed E-state index contributed by atoms with van der Waals surface area (Å²) >= 11 is 0. The first-order valence-electron chi connectivity index (χ1n) is 17.7. The summed E-state index contributed by atoms with van der Waals surface area (Å²) in [6, 6.07) is 60.5. The normalized spacial score (nSPS) is 12.2. The number of aromatic nitrogens is 1. The van der Waals surface area contributed by atoms with Crippen LogP contribution in [-0.2, 0) is 0 Å². The van der Waals surface area contributed by atoms with Gasteiger partial charge in [-0.25, -0.2) is 0 Å². The number of furan rings is 2. The highest BCUT2D eigenvalue weighted by atomic mass is 16.3. The SMILES string of the molecule is c1ccc(-c2cc3c(cc2N(c2cc4c5ccccc5n5c6ccccc6c(c2)c45)c2cccc4c2oc2ccccc24)oc2ccccc23)cc1. The standard InChI is InChI=1S/C48H28N2O2/c1-2-13-29(14-3-1)36-27-37-34-18-7-10-23-44(34)51-46(37)28-43(36)49(42-22-12-19-35-33-17-6-11-24-45(33)52-48(35)42)30-25-38-31-15-4-8-20-40(31)50-41-21-9-5-16-32(41)39(26-30)47(38)50/h1-28H. The fraction of sp³-hybridized carbons (Fsp3) is 0. The summed E-state index contributed by atoms with van der Waals surface area (Å²) in [4.78, 5) is 2.39. The number of benzene rings is 8. The van der Waals surface area contributed by atoms with Gasteiger partial charge in [0.1, 0.15) is 16.7 Å². The maximum atomic E-state index is 6.79. The Balaban J connectivity index is 1.26. The van der Waals surface area contributed by atoms with Crippen LogP contribution in [-0.4, -0.2) is 4.40 Å². The first-order valence-corrected chi connectivity index (χ1v) is 17.7. The zero-order chi connectivity index (χ0) is 33.9. The van der Waals surface area contributed by atoms with Gasteiger partial charge >= 0.3 is 0 Å². The third-order valence-electron chi connectivity index (χ3n) is 10.9. The second-order valence-electron chi connectivity index (χ2n) is 13.7. The molecule has 12 rings (SSSR count). The molecule has 8 aromatic carbocycles. The third-order valence-corrected chi connectivity index (χ3v) is 10.9. The van der Waals surface area contributed by atoms with Crippen LogP contribution < -0.4 is 4.90 Å². The topological polar surface area (TPSA) is 33.9 Å². The lowest BCUT2D eigenvalue weighted by Gasteiger charge is -2.28. The predicted molar refractivity (Wildman–Crippen MR) is 216 cm³/mol. The Hall–Kier alpha value is -7.04. The van der Waals surface area contributed by atoms with E-state index in [0.29, 0.717) is 0 Å². The van der Waals surface area contributed by atoms with Crippen molar-refractivity contribution in [3.05, 3.63) is 170 Å². The monoisotopic (exact) mass is 664 g/mol. The minimum absolute atomic E-state index is 0.838. The van der Waals surface area contributed by atoms with Crippen LogP contribution in [0.5, 0.6) is 0 Å². The third kappa shape index (κ3) is 3.70. The highest BCUT2D eigenvalue weighted by molar-refractivity contribution is 6.25. The van der Waals surface area contributed by atoms with E-state index in [2.05, 4.69) is 161 Å². The van der Waals surface area contributed by atoms with Gasteiger partial charge < -0.3 is 18.1 Å². The van der Waals surface area contributed by atoms with E-state index in [4.69, 9.17) is 8.83 Å². The van der Waals surface area contributed by atoms with Crippen LogP contribution in [0.1, 0.15) is 0 Å². The van der Waals surface area contributed by atoms with Gasteiger partial charge in [0.2, 0.25) is 0 Å². The maximum Gasteiger partial charge on any atom is 0.159 e. The van der Waals surface area contributed by atoms with Crippen molar-refractivity contribution in [3.8, 4) is 11.1 Å². The van der Waals surface area contributed by atoms with E-state index < -0.39 is 0 Å². The molecule has 0 bridgehead atoms. The van der Waals surface area contributed by atoms with Crippen molar-refractivity contribution in [2.75, 3.05) is 4.90 Å². The summed E-state index contributed by atoms with van der Waals surface area (Å²) in [5.74, 6) is 0. The van der Waals surface area contributed by atoms with E-state index >= 15 is 0 Å². The molecule has 242 valence electrons. The molecule has 4 heteroatoms. The zero-order valence-corrected chi connectivity index (χ0v) is 27.9. The van der Waals surface area contributed by atoms with Crippen molar-refractivity contribution in [2.45, 2.75) is 0 Å². The number of hydrogen-bond acceptors (Lipinski definition) is 3. The summed E-state index contributed by atoms with van der Waals surface area (Å²) < 4.78 is 15.8. The minimum Gasteiger partial charge on any atom is -0.456 e. The quantitative estimate of drug-likeness (QED) is 0.188. The van der Waals surface area contributed by atoms with Crippen molar-refractivity contribution in [1.29, 1.82) is 0 Å². The van der Waals surface area contributed by atoms with Crippen molar-refractivity contribution < 1.29 is 8.83 Å². The average Bonchev–Trinajstić information content (AvgIpc) is 3.95. The molecule has 0 unspecified atom stereocenters. The Morgan fingerprint density at radius 3 is 1.67 bits per heavy atom. The van der Waals surface area contributed by atoms with Gasteiger partial charge in [-0.1, -0.05) is 115 Å². The smallest absolute Gasteiger partial charge is 0.159 e. The second-order valence-corrected chi connectivity index (χ2v) is 13.7. The Morgan fingerprint density at radius 1 is 0.385 bits per heavy atom. The van der Waals surface area contributed by atoms with Gasteiger partial charge in [0.25, 0.3) is 0 Å². The molecule has 0 atom stereocenters. The predicted octanol–water partition coefficient (Wildman–Crippen LogP) is 13.8. The Kier molecular flexibility index (Phi) is 5.47. The Morgan fingerprint density at radius 2 is 0.962 bits per heavy atom. The summed E-state index contributed by atoms with van der Waals surface area (Å²) in [5.41, 5.74) is 12.3. The molecular formula is C48H28N2O2. The van der Waals surface area contributed by atoms with Crippen LogP contribution in [0.15, 0.2) is 179 Å². The van der Waals surface area contributed by atoms with Crippen LogP contribution in [0.25, 0.3) is 93.1 Å². The lowest BCUT2D eigenvalue weighted by atomic mass is 9.98. The van der Waals surface area contributed by atoms with E-state index in [-0.39, 0.29) is 0 Å². The van der Waals surface area contributed by atoms with E-state index in [9.17, 15) is 0 Å². The molecule has 4 nitrogen and oxygen atoms in total. The van der Waals surface area contributed by atoms with E-state index in [1.165, 1.54) is 38.1 Å². The largest absolute Gasteiger partial charge is 0.456 e. The van der Waals surface area contributed by atoms with Crippen molar-refractivity contribution in [1.82, 2.24) is 4.40 Å². The number of rotatable bonds is 4. The van der Waals surface area contributed by atoms with Crippen LogP contribution in [0, 0.1) is 0 Å². The molecular weight excluding hydrogens is 637 g/mol. The fourth-order valence-electron chi connectivity index (χ4n) is 8.67. The van der Waals surface area contributed by atoms with Crippen molar-refractivity contribution in [2.24, 2.45) is 0 Å². The van der Waals surface area contributed by atoms with Gasteiger partial charge in [0.05, 0.1) is 27.9 Å². The summed E-state index contributed by atoms with van der Waals surface area (Å²) in [7, 11) is 0. The first-order chi connectivity index (χ1) is 25.8. The molecule has 12 aromatic rings. The zero-order valence-electron chi connectivity index (χ0n) is 27.9. The number of anilines is 3. The molecule has 4 heterocycles. The van der Waals surface area contributed by atoms with Crippen LogP contribution in [0.3, 0.4) is 0 Å². The van der Waals surface area contributed by atoms with Gasteiger partial charge in [-0.2, -0.15) is 0 Å². The highest BCUT2D eigenvalue weighted by Crippen LogP contribution is 2.50. The fourth-order valence-corrected chi connectivity index (χ4v) is 8.67. The van der Waals surface area contributed by atoms with Gasteiger partial charge in [-0.3, -0.25) is 0 Å². The molecule has 0 aliphatic heterocycles. The maximum absolute atomic E-state index is 6.79. The van der Waals surface area contributed by atoms with Gasteiger partial charge in [-0.05, 0) is 54.1 Å². The van der Waals surface area contributed by atoms with E-state index in [0.717, 1.165) is 72.1 Å².